The van der Waals surface area contributed by atoms with Crippen LogP contribution < -0.4 is 0 Å². The molecule has 2 fully saturated rings. The van der Waals surface area contributed by atoms with E-state index in [1.54, 1.807) is 0 Å². The number of hydrogen-bond donors (Lipinski definition) is 2. The van der Waals surface area contributed by atoms with Gasteiger partial charge < -0.3 is 5.11 Å². The Balaban J connectivity index is 2.09. The van der Waals surface area contributed by atoms with Gasteiger partial charge in [0.2, 0.25) is 0 Å². The average molecular weight is 159 g/mol. The van der Waals surface area contributed by atoms with Gasteiger partial charge in [0.05, 0.1) is 6.10 Å². The third-order valence-corrected chi connectivity index (χ3v) is 3.32. The van der Waals surface area contributed by atoms with Gasteiger partial charge in [0, 0.05) is 12.1 Å². The molecule has 2 heterocycles. The molecule has 0 aromatic carbocycles. The molecule has 10 heavy (non-hydrogen) atoms. The van der Waals surface area contributed by atoms with Gasteiger partial charge >= 0.3 is 0 Å². The van der Waals surface area contributed by atoms with Crippen molar-refractivity contribution in [1.29, 1.82) is 0 Å². The Hall–Kier alpha value is 0.270. The zero-order valence-electron chi connectivity index (χ0n) is 5.90. The van der Waals surface area contributed by atoms with Crippen LogP contribution in [0, 0.1) is 0 Å². The van der Waals surface area contributed by atoms with Crippen molar-refractivity contribution in [3.63, 3.8) is 0 Å². The van der Waals surface area contributed by atoms with E-state index >= 15 is 0 Å². The maximum atomic E-state index is 9.35. The van der Waals surface area contributed by atoms with Crippen molar-refractivity contribution < 1.29 is 5.11 Å². The van der Waals surface area contributed by atoms with Crippen LogP contribution in [0.25, 0.3) is 0 Å². The van der Waals surface area contributed by atoms with Crippen molar-refractivity contribution in [2.75, 3.05) is 0 Å². The SMILES string of the molecule is OC1CC2CCC(C1)N2S. The van der Waals surface area contributed by atoms with Gasteiger partial charge in [-0.2, -0.15) is 0 Å². The lowest BCUT2D eigenvalue weighted by Crippen LogP contribution is -2.38. The molecule has 2 bridgehead atoms. The summed E-state index contributed by atoms with van der Waals surface area (Å²) in [5, 5.41) is 9.35. The van der Waals surface area contributed by atoms with Crippen LogP contribution in [-0.4, -0.2) is 27.6 Å². The quantitative estimate of drug-likeness (QED) is 0.511. The fourth-order valence-corrected chi connectivity index (χ4v) is 2.54. The molecule has 2 atom stereocenters. The summed E-state index contributed by atoms with van der Waals surface area (Å²) in [6.07, 6.45) is 4.26. The Bertz CT molecular complexity index is 128. The monoisotopic (exact) mass is 159 g/mol. The Morgan fingerprint density at radius 3 is 2.20 bits per heavy atom. The normalized spacial score (nSPS) is 48.0. The fraction of sp³-hybridized carbons (Fsp3) is 1.00. The molecule has 2 nitrogen and oxygen atoms in total. The number of rotatable bonds is 0. The molecule has 2 aliphatic rings. The van der Waals surface area contributed by atoms with E-state index in [0.717, 1.165) is 12.8 Å². The number of hydrogen-bond acceptors (Lipinski definition) is 3. The van der Waals surface area contributed by atoms with Crippen LogP contribution in [0.2, 0.25) is 0 Å². The first-order chi connectivity index (χ1) is 4.77. The maximum Gasteiger partial charge on any atom is 0.0570 e. The van der Waals surface area contributed by atoms with Crippen molar-refractivity contribution in [1.82, 2.24) is 4.31 Å². The van der Waals surface area contributed by atoms with E-state index in [-0.39, 0.29) is 6.10 Å². The molecule has 2 saturated heterocycles. The van der Waals surface area contributed by atoms with Crippen LogP contribution in [0.1, 0.15) is 25.7 Å². The summed E-state index contributed by atoms with van der Waals surface area (Å²) < 4.78 is 2.13. The highest BCUT2D eigenvalue weighted by molar-refractivity contribution is 7.77. The number of fused-ring (bicyclic) bond motifs is 2. The molecule has 2 unspecified atom stereocenters. The largest absolute Gasteiger partial charge is 0.393 e. The Labute approximate surface area is 66.8 Å². The number of aliphatic hydroxyl groups excluding tert-OH is 1. The highest BCUT2D eigenvalue weighted by atomic mass is 32.1. The van der Waals surface area contributed by atoms with Crippen molar-refractivity contribution in [2.24, 2.45) is 0 Å². The molecule has 2 aliphatic heterocycles. The van der Waals surface area contributed by atoms with Gasteiger partial charge in [-0.1, -0.05) is 12.8 Å². The summed E-state index contributed by atoms with van der Waals surface area (Å²) in [6.45, 7) is 0. The summed E-state index contributed by atoms with van der Waals surface area (Å²) >= 11 is 4.38. The van der Waals surface area contributed by atoms with Gasteiger partial charge in [-0.15, -0.1) is 0 Å². The zero-order chi connectivity index (χ0) is 7.14. The minimum atomic E-state index is -0.0547. The standard InChI is InChI=1S/C7H13NOS/c9-7-3-5-1-2-6(4-7)8(5)10/h5-7,9-10H,1-4H2. The van der Waals surface area contributed by atoms with E-state index < -0.39 is 0 Å². The number of aliphatic hydroxyl groups is 1. The summed E-state index contributed by atoms with van der Waals surface area (Å²) in [7, 11) is 0. The van der Waals surface area contributed by atoms with E-state index in [2.05, 4.69) is 17.1 Å². The van der Waals surface area contributed by atoms with Gasteiger partial charge in [-0.25, -0.2) is 4.31 Å². The third-order valence-electron chi connectivity index (χ3n) is 2.67. The van der Waals surface area contributed by atoms with E-state index in [9.17, 15) is 5.11 Å². The van der Waals surface area contributed by atoms with E-state index in [0.29, 0.717) is 12.1 Å². The van der Waals surface area contributed by atoms with Crippen molar-refractivity contribution >= 4 is 12.8 Å². The number of piperidine rings is 1. The predicted molar refractivity (Wildman–Crippen MR) is 42.9 cm³/mol. The maximum absolute atomic E-state index is 9.35. The van der Waals surface area contributed by atoms with Crippen LogP contribution >= 0.6 is 12.8 Å². The van der Waals surface area contributed by atoms with Gasteiger partial charge in [-0.05, 0) is 25.7 Å². The lowest BCUT2D eigenvalue weighted by Gasteiger charge is -2.32. The molecule has 0 aliphatic carbocycles. The van der Waals surface area contributed by atoms with E-state index in [1.807, 2.05) is 0 Å². The molecule has 2 rings (SSSR count). The molecule has 0 saturated carbocycles. The summed E-state index contributed by atoms with van der Waals surface area (Å²) in [5.41, 5.74) is 0. The Kier molecular flexibility index (Phi) is 1.66. The third kappa shape index (κ3) is 0.966. The first-order valence-electron chi connectivity index (χ1n) is 3.92. The Morgan fingerprint density at radius 2 is 1.70 bits per heavy atom. The minimum Gasteiger partial charge on any atom is -0.393 e. The second kappa shape index (κ2) is 2.40. The van der Waals surface area contributed by atoms with Crippen LogP contribution in [0.5, 0.6) is 0 Å². The van der Waals surface area contributed by atoms with Gasteiger partial charge in [0.25, 0.3) is 0 Å². The molecular formula is C7H13NOS. The highest BCUT2D eigenvalue weighted by Gasteiger charge is 2.38. The average Bonchev–Trinajstić information content (AvgIpc) is 2.20. The van der Waals surface area contributed by atoms with E-state index in [4.69, 9.17) is 0 Å². The molecule has 3 heteroatoms. The lowest BCUT2D eigenvalue weighted by molar-refractivity contribution is 0.0823. The van der Waals surface area contributed by atoms with Crippen molar-refractivity contribution in [3.8, 4) is 0 Å². The van der Waals surface area contributed by atoms with Gasteiger partial charge in [-0.3, -0.25) is 0 Å². The molecular weight excluding hydrogens is 146 g/mol. The zero-order valence-corrected chi connectivity index (χ0v) is 6.80. The summed E-state index contributed by atoms with van der Waals surface area (Å²) in [4.78, 5) is 0. The van der Waals surface area contributed by atoms with Gasteiger partial charge in [0.15, 0.2) is 0 Å². The number of thiol groups is 1. The molecule has 0 aromatic rings. The van der Waals surface area contributed by atoms with Crippen molar-refractivity contribution in [2.45, 2.75) is 43.9 Å². The molecule has 0 spiro atoms. The highest BCUT2D eigenvalue weighted by Crippen LogP contribution is 2.36. The molecule has 0 aromatic heterocycles. The lowest BCUT2D eigenvalue weighted by atomic mass is 10.0. The minimum absolute atomic E-state index is 0.0547. The topological polar surface area (TPSA) is 23.5 Å². The van der Waals surface area contributed by atoms with Crippen LogP contribution in [0.3, 0.4) is 0 Å². The van der Waals surface area contributed by atoms with Crippen LogP contribution in [0.15, 0.2) is 0 Å². The van der Waals surface area contributed by atoms with E-state index in [1.165, 1.54) is 12.8 Å². The van der Waals surface area contributed by atoms with Gasteiger partial charge in [0.1, 0.15) is 0 Å². The summed E-state index contributed by atoms with van der Waals surface area (Å²) in [5.74, 6) is 0. The fourth-order valence-electron chi connectivity index (χ4n) is 2.12. The second-order valence-corrected chi connectivity index (χ2v) is 3.85. The molecule has 0 radical (unpaired) electrons. The second-order valence-electron chi connectivity index (χ2n) is 3.39. The first kappa shape index (κ1) is 6.95. The summed E-state index contributed by atoms with van der Waals surface area (Å²) in [6, 6.07) is 1.11. The predicted octanol–water partition coefficient (Wildman–Crippen LogP) is 0.819. The molecule has 0 amide bonds. The number of nitrogens with zero attached hydrogens (tertiary/aromatic N) is 1. The van der Waals surface area contributed by atoms with Crippen LogP contribution in [-0.2, 0) is 0 Å². The van der Waals surface area contributed by atoms with Crippen molar-refractivity contribution in [3.05, 3.63) is 0 Å². The Morgan fingerprint density at radius 1 is 1.20 bits per heavy atom. The first-order valence-corrected chi connectivity index (χ1v) is 4.32. The van der Waals surface area contributed by atoms with Crippen LogP contribution in [0.4, 0.5) is 0 Å². The smallest absolute Gasteiger partial charge is 0.0570 e. The molecule has 1 N–H and O–H groups in total. The molecule has 58 valence electrons.